The lowest BCUT2D eigenvalue weighted by atomic mass is 10.0. The first kappa shape index (κ1) is 7.17. The SMILES string of the molecule is Cc1ccc([NH])c2ccccc12. The Morgan fingerprint density at radius 1 is 0.917 bits per heavy atom. The van der Waals surface area contributed by atoms with Crippen LogP contribution in [0.5, 0.6) is 0 Å². The van der Waals surface area contributed by atoms with Crippen molar-refractivity contribution in [1.29, 1.82) is 0 Å². The van der Waals surface area contributed by atoms with Crippen molar-refractivity contribution in [3.8, 4) is 0 Å². The van der Waals surface area contributed by atoms with E-state index in [9.17, 15) is 0 Å². The number of nitrogens with one attached hydrogen (secondary N) is 1. The quantitative estimate of drug-likeness (QED) is 0.559. The molecule has 2 rings (SSSR count). The Hall–Kier alpha value is -1.50. The topological polar surface area (TPSA) is 23.8 Å². The van der Waals surface area contributed by atoms with E-state index in [0.717, 1.165) is 5.39 Å². The van der Waals surface area contributed by atoms with Gasteiger partial charge in [-0.2, -0.15) is 0 Å². The lowest BCUT2D eigenvalue weighted by Crippen LogP contribution is -1.79. The van der Waals surface area contributed by atoms with Gasteiger partial charge in [0.2, 0.25) is 0 Å². The molecule has 0 saturated carbocycles. The van der Waals surface area contributed by atoms with E-state index >= 15 is 0 Å². The molecule has 0 atom stereocenters. The molecule has 1 radical (unpaired) electrons. The van der Waals surface area contributed by atoms with Crippen LogP contribution < -0.4 is 5.73 Å². The van der Waals surface area contributed by atoms with Crippen LogP contribution in [0.3, 0.4) is 0 Å². The van der Waals surface area contributed by atoms with Gasteiger partial charge in [0.1, 0.15) is 0 Å². The van der Waals surface area contributed by atoms with Crippen molar-refractivity contribution in [3.63, 3.8) is 0 Å². The summed E-state index contributed by atoms with van der Waals surface area (Å²) in [5, 5.41) is 2.22. The third-order valence-corrected chi connectivity index (χ3v) is 2.14. The summed E-state index contributed by atoms with van der Waals surface area (Å²) in [6, 6.07) is 11.9. The molecule has 0 aromatic heterocycles. The van der Waals surface area contributed by atoms with Crippen molar-refractivity contribution in [2.45, 2.75) is 6.92 Å². The van der Waals surface area contributed by atoms with Crippen LogP contribution in [0.25, 0.3) is 10.8 Å². The zero-order valence-electron chi connectivity index (χ0n) is 6.96. The molecule has 12 heavy (non-hydrogen) atoms. The van der Waals surface area contributed by atoms with Gasteiger partial charge in [0.15, 0.2) is 0 Å². The van der Waals surface area contributed by atoms with Crippen molar-refractivity contribution in [3.05, 3.63) is 42.0 Å². The summed E-state index contributed by atoms with van der Waals surface area (Å²) in [6.07, 6.45) is 0. The van der Waals surface area contributed by atoms with E-state index < -0.39 is 0 Å². The Morgan fingerprint density at radius 3 is 2.25 bits per heavy atom. The van der Waals surface area contributed by atoms with E-state index in [4.69, 9.17) is 5.73 Å². The molecule has 0 bridgehead atoms. The maximum atomic E-state index is 7.66. The fourth-order valence-corrected chi connectivity index (χ4v) is 1.45. The smallest absolute Gasteiger partial charge is 0.0618 e. The highest BCUT2D eigenvalue weighted by molar-refractivity contribution is 5.93. The molecule has 2 aromatic rings. The van der Waals surface area contributed by atoms with Gasteiger partial charge in [0.25, 0.3) is 0 Å². The molecule has 1 nitrogen and oxygen atoms in total. The lowest BCUT2D eigenvalue weighted by Gasteiger charge is -2.02. The van der Waals surface area contributed by atoms with Crippen LogP contribution in [0.1, 0.15) is 5.56 Å². The predicted molar refractivity (Wildman–Crippen MR) is 51.4 cm³/mol. The van der Waals surface area contributed by atoms with E-state index in [1.165, 1.54) is 10.9 Å². The standard InChI is InChI=1S/C11H10N/c1-8-6-7-11(12)10-5-3-2-4-9(8)10/h2-7,12H,1H3. The zero-order chi connectivity index (χ0) is 8.55. The van der Waals surface area contributed by atoms with E-state index in [-0.39, 0.29) is 0 Å². The average Bonchev–Trinajstić information content (AvgIpc) is 2.12. The summed E-state index contributed by atoms with van der Waals surface area (Å²) in [6.45, 7) is 2.07. The Bertz CT molecular complexity index is 378. The zero-order valence-corrected chi connectivity index (χ0v) is 6.96. The molecule has 0 unspecified atom stereocenters. The molecule has 2 aromatic carbocycles. The normalized spacial score (nSPS) is 10.4. The van der Waals surface area contributed by atoms with Crippen LogP contribution in [0.15, 0.2) is 36.4 Å². The third kappa shape index (κ3) is 0.944. The summed E-state index contributed by atoms with van der Waals surface area (Å²) in [4.78, 5) is 0. The first-order valence-corrected chi connectivity index (χ1v) is 3.99. The molecule has 0 aliphatic rings. The average molecular weight is 156 g/mol. The second-order valence-corrected chi connectivity index (χ2v) is 2.98. The fourth-order valence-electron chi connectivity index (χ4n) is 1.45. The predicted octanol–water partition coefficient (Wildman–Crippen LogP) is 3.06. The van der Waals surface area contributed by atoms with E-state index in [1.807, 2.05) is 30.3 Å². The molecule has 0 aliphatic heterocycles. The van der Waals surface area contributed by atoms with Gasteiger partial charge in [-0.05, 0) is 23.9 Å². The van der Waals surface area contributed by atoms with Gasteiger partial charge in [0.05, 0.1) is 5.69 Å². The minimum Gasteiger partial charge on any atom is -0.300 e. The highest BCUT2D eigenvalue weighted by atomic mass is 14.5. The monoisotopic (exact) mass is 156 g/mol. The van der Waals surface area contributed by atoms with Crippen molar-refractivity contribution in [2.75, 3.05) is 0 Å². The maximum absolute atomic E-state index is 7.66. The van der Waals surface area contributed by atoms with Gasteiger partial charge in [-0.15, -0.1) is 0 Å². The first-order valence-electron chi connectivity index (χ1n) is 3.99. The Balaban J connectivity index is 2.95. The minimum atomic E-state index is 0.608. The molecular weight excluding hydrogens is 146 g/mol. The molecule has 0 aliphatic carbocycles. The Labute approximate surface area is 71.8 Å². The molecular formula is C11H10N. The summed E-state index contributed by atoms with van der Waals surface area (Å²) in [5.74, 6) is 0. The molecule has 0 heterocycles. The van der Waals surface area contributed by atoms with Crippen molar-refractivity contribution < 1.29 is 0 Å². The van der Waals surface area contributed by atoms with E-state index in [1.54, 1.807) is 0 Å². The van der Waals surface area contributed by atoms with Crippen LogP contribution in [-0.2, 0) is 0 Å². The molecule has 1 N–H and O–H groups in total. The van der Waals surface area contributed by atoms with Gasteiger partial charge in [0, 0.05) is 5.39 Å². The number of benzene rings is 2. The van der Waals surface area contributed by atoms with Crippen molar-refractivity contribution >= 4 is 16.5 Å². The second kappa shape index (κ2) is 2.52. The van der Waals surface area contributed by atoms with E-state index in [0.29, 0.717) is 5.69 Å². The number of hydrogen-bond acceptors (Lipinski definition) is 0. The van der Waals surface area contributed by atoms with Crippen LogP contribution in [0, 0.1) is 6.92 Å². The van der Waals surface area contributed by atoms with Gasteiger partial charge < -0.3 is 5.73 Å². The summed E-state index contributed by atoms with van der Waals surface area (Å²) >= 11 is 0. The molecule has 0 spiro atoms. The fraction of sp³-hybridized carbons (Fsp3) is 0.0909. The summed E-state index contributed by atoms with van der Waals surface area (Å²) < 4.78 is 0. The summed E-state index contributed by atoms with van der Waals surface area (Å²) in [7, 11) is 0. The largest absolute Gasteiger partial charge is 0.300 e. The van der Waals surface area contributed by atoms with Crippen molar-refractivity contribution in [2.24, 2.45) is 0 Å². The first-order chi connectivity index (χ1) is 5.79. The Kier molecular flexibility index (Phi) is 1.51. The molecule has 59 valence electrons. The van der Waals surface area contributed by atoms with Gasteiger partial charge >= 0.3 is 0 Å². The highest BCUT2D eigenvalue weighted by Crippen LogP contribution is 2.24. The highest BCUT2D eigenvalue weighted by Gasteiger charge is 1.98. The van der Waals surface area contributed by atoms with Gasteiger partial charge in [-0.1, -0.05) is 30.3 Å². The van der Waals surface area contributed by atoms with Crippen LogP contribution in [0.2, 0.25) is 0 Å². The molecule has 0 saturated heterocycles. The second-order valence-electron chi connectivity index (χ2n) is 2.98. The van der Waals surface area contributed by atoms with Gasteiger partial charge in [-0.3, -0.25) is 0 Å². The number of aryl methyl sites for hydroxylation is 1. The lowest BCUT2D eigenvalue weighted by molar-refractivity contribution is 1.47. The van der Waals surface area contributed by atoms with Gasteiger partial charge in [-0.25, -0.2) is 0 Å². The number of fused-ring (bicyclic) bond motifs is 1. The van der Waals surface area contributed by atoms with Crippen molar-refractivity contribution in [1.82, 2.24) is 5.73 Å². The van der Waals surface area contributed by atoms with E-state index in [2.05, 4.69) is 13.0 Å². The third-order valence-electron chi connectivity index (χ3n) is 2.14. The van der Waals surface area contributed by atoms with Crippen LogP contribution in [-0.4, -0.2) is 0 Å². The van der Waals surface area contributed by atoms with Crippen LogP contribution in [0.4, 0.5) is 5.69 Å². The summed E-state index contributed by atoms with van der Waals surface area (Å²) in [5.41, 5.74) is 9.51. The van der Waals surface area contributed by atoms with Crippen LogP contribution >= 0.6 is 0 Å². The number of hydrogen-bond donors (Lipinski definition) is 0. The molecule has 1 heteroatoms. The molecule has 0 amide bonds. The minimum absolute atomic E-state index is 0.608. The number of rotatable bonds is 0. The maximum Gasteiger partial charge on any atom is 0.0618 e. The molecule has 0 fully saturated rings. The Morgan fingerprint density at radius 2 is 1.58 bits per heavy atom.